The Bertz CT molecular complexity index is 378. The molecule has 1 saturated heterocycles. The van der Waals surface area contributed by atoms with Gasteiger partial charge in [-0.05, 0) is 39.3 Å². The molecule has 7 heteroatoms. The summed E-state index contributed by atoms with van der Waals surface area (Å²) in [6.45, 7) is 6.50. The molecule has 0 radical (unpaired) electrons. The molecule has 106 valence electrons. The molecule has 0 spiro atoms. The molecule has 18 heavy (non-hydrogen) atoms. The van der Waals surface area contributed by atoms with Crippen molar-refractivity contribution < 1.29 is 8.42 Å². The van der Waals surface area contributed by atoms with Crippen molar-refractivity contribution in [1.82, 2.24) is 9.62 Å². The summed E-state index contributed by atoms with van der Waals surface area (Å²) < 4.78 is 26.9. The van der Waals surface area contributed by atoms with Gasteiger partial charge in [0, 0.05) is 12.6 Å². The highest BCUT2D eigenvalue weighted by Gasteiger charge is 2.28. The maximum atomic E-state index is 12.1. The normalized spacial score (nSPS) is 20.8. The van der Waals surface area contributed by atoms with Gasteiger partial charge < -0.3 is 10.6 Å². The number of thiocarbonyl (C=S) groups is 1. The summed E-state index contributed by atoms with van der Waals surface area (Å²) >= 11 is 4.81. The second kappa shape index (κ2) is 6.79. The number of hydrogen-bond donors (Lipinski definition) is 2. The van der Waals surface area contributed by atoms with Gasteiger partial charge in [0.15, 0.2) is 0 Å². The lowest BCUT2D eigenvalue weighted by atomic mass is 10.3. The first-order chi connectivity index (χ1) is 8.36. The number of nitrogens with one attached hydrogen (secondary N) is 1. The Balaban J connectivity index is 2.55. The van der Waals surface area contributed by atoms with Crippen LogP contribution in [0.15, 0.2) is 0 Å². The zero-order valence-corrected chi connectivity index (χ0v) is 12.7. The zero-order chi connectivity index (χ0) is 13.8. The lowest BCUT2D eigenvalue weighted by Gasteiger charge is -2.23. The number of likely N-dealkylation sites (tertiary alicyclic amines) is 1. The molecule has 0 bridgehead atoms. The van der Waals surface area contributed by atoms with Gasteiger partial charge in [-0.3, -0.25) is 0 Å². The topological polar surface area (TPSA) is 75.4 Å². The van der Waals surface area contributed by atoms with Crippen molar-refractivity contribution in [3.8, 4) is 0 Å². The summed E-state index contributed by atoms with van der Waals surface area (Å²) in [6.07, 6.45) is 2.80. The maximum Gasteiger partial charge on any atom is 0.221 e. The van der Waals surface area contributed by atoms with E-state index in [1.165, 1.54) is 12.8 Å². The molecule has 1 rings (SSSR count). The molecular formula is C11H23N3O2S2. The predicted molar refractivity (Wildman–Crippen MR) is 78.1 cm³/mol. The smallest absolute Gasteiger partial charge is 0.221 e. The second-order valence-electron chi connectivity index (χ2n) is 4.87. The minimum absolute atomic E-state index is 0.0402. The van der Waals surface area contributed by atoms with Crippen molar-refractivity contribution in [3.05, 3.63) is 0 Å². The number of hydrogen-bond acceptors (Lipinski definition) is 4. The second-order valence-corrected chi connectivity index (χ2v) is 7.24. The van der Waals surface area contributed by atoms with Crippen molar-refractivity contribution in [1.29, 1.82) is 0 Å². The van der Waals surface area contributed by atoms with Crippen LogP contribution in [0, 0.1) is 0 Å². The van der Waals surface area contributed by atoms with Crippen LogP contribution in [0.5, 0.6) is 0 Å². The van der Waals surface area contributed by atoms with E-state index in [0.717, 1.165) is 19.6 Å². The molecular weight excluding hydrogens is 270 g/mol. The van der Waals surface area contributed by atoms with Crippen molar-refractivity contribution in [3.63, 3.8) is 0 Å². The highest BCUT2D eigenvalue weighted by Crippen LogP contribution is 2.10. The van der Waals surface area contributed by atoms with Crippen LogP contribution in [0.25, 0.3) is 0 Å². The molecule has 0 aromatic rings. The van der Waals surface area contributed by atoms with Crippen LogP contribution in [-0.4, -0.2) is 49.2 Å². The average molecular weight is 293 g/mol. The Morgan fingerprint density at radius 1 is 1.44 bits per heavy atom. The first kappa shape index (κ1) is 15.8. The van der Waals surface area contributed by atoms with Gasteiger partial charge in [-0.15, -0.1) is 0 Å². The molecule has 1 heterocycles. The summed E-state index contributed by atoms with van der Waals surface area (Å²) in [5.74, 6) is 0. The summed E-state index contributed by atoms with van der Waals surface area (Å²) in [7, 11) is -3.46. The first-order valence-electron chi connectivity index (χ1n) is 6.39. The number of rotatable bonds is 7. The molecule has 2 atom stereocenters. The van der Waals surface area contributed by atoms with E-state index >= 15 is 0 Å². The van der Waals surface area contributed by atoms with Gasteiger partial charge in [0.25, 0.3) is 0 Å². The molecule has 3 N–H and O–H groups in total. The van der Waals surface area contributed by atoms with Gasteiger partial charge in [-0.25, -0.2) is 13.1 Å². The van der Waals surface area contributed by atoms with Crippen LogP contribution < -0.4 is 10.5 Å². The Morgan fingerprint density at radius 2 is 2.00 bits per heavy atom. The van der Waals surface area contributed by atoms with Crippen LogP contribution in [0.4, 0.5) is 0 Å². The minimum atomic E-state index is -3.46. The van der Waals surface area contributed by atoms with E-state index in [0.29, 0.717) is 6.42 Å². The van der Waals surface area contributed by atoms with E-state index in [1.807, 2.05) is 6.92 Å². The van der Waals surface area contributed by atoms with Crippen molar-refractivity contribution in [2.75, 3.05) is 19.6 Å². The largest absolute Gasteiger partial charge is 0.392 e. The Morgan fingerprint density at radius 3 is 2.44 bits per heavy atom. The fourth-order valence-electron chi connectivity index (χ4n) is 2.33. The number of sulfonamides is 1. The zero-order valence-electron chi connectivity index (χ0n) is 11.1. The van der Waals surface area contributed by atoms with E-state index in [4.69, 9.17) is 18.0 Å². The van der Waals surface area contributed by atoms with Crippen molar-refractivity contribution in [2.45, 2.75) is 44.4 Å². The fourth-order valence-corrected chi connectivity index (χ4v) is 4.42. The Hall–Kier alpha value is -0.240. The first-order valence-corrected chi connectivity index (χ1v) is 8.35. The van der Waals surface area contributed by atoms with E-state index in [-0.39, 0.29) is 11.0 Å². The van der Waals surface area contributed by atoms with Crippen molar-refractivity contribution in [2.24, 2.45) is 5.73 Å². The summed E-state index contributed by atoms with van der Waals surface area (Å²) in [5, 5.41) is -0.770. The van der Waals surface area contributed by atoms with Gasteiger partial charge >= 0.3 is 0 Å². The third kappa shape index (κ3) is 4.46. The van der Waals surface area contributed by atoms with Crippen LogP contribution in [0.1, 0.15) is 33.1 Å². The van der Waals surface area contributed by atoms with E-state index in [9.17, 15) is 8.42 Å². The van der Waals surface area contributed by atoms with Crippen LogP contribution in [0.3, 0.4) is 0 Å². The molecule has 1 fully saturated rings. The molecule has 0 amide bonds. The van der Waals surface area contributed by atoms with Gasteiger partial charge in [-0.1, -0.05) is 19.1 Å². The van der Waals surface area contributed by atoms with Crippen LogP contribution in [-0.2, 0) is 10.0 Å². The van der Waals surface area contributed by atoms with Gasteiger partial charge in [0.05, 0.1) is 4.99 Å². The molecule has 0 aliphatic carbocycles. The summed E-state index contributed by atoms with van der Waals surface area (Å²) in [5.41, 5.74) is 5.47. The lowest BCUT2D eigenvalue weighted by Crippen LogP contribution is -2.48. The molecule has 0 saturated carbocycles. The maximum absolute atomic E-state index is 12.1. The van der Waals surface area contributed by atoms with E-state index in [1.54, 1.807) is 6.92 Å². The lowest BCUT2D eigenvalue weighted by molar-refractivity contribution is 0.312. The number of nitrogens with two attached hydrogens (primary N) is 1. The average Bonchev–Trinajstić information content (AvgIpc) is 2.68. The fraction of sp³-hybridized carbons (Fsp3) is 0.909. The molecule has 0 aromatic carbocycles. The Labute approximate surface area is 115 Å². The predicted octanol–water partition coefficient (Wildman–Crippen LogP) is 0.455. The summed E-state index contributed by atoms with van der Waals surface area (Å²) in [6, 6.07) is -0.114. The molecule has 1 aliphatic heterocycles. The minimum Gasteiger partial charge on any atom is -0.392 e. The molecule has 2 unspecified atom stereocenters. The van der Waals surface area contributed by atoms with Crippen LogP contribution >= 0.6 is 12.2 Å². The highest BCUT2D eigenvalue weighted by molar-refractivity contribution is 7.93. The number of nitrogens with zero attached hydrogens (tertiary/aromatic N) is 1. The highest BCUT2D eigenvalue weighted by atomic mass is 32.2. The quantitative estimate of drug-likeness (QED) is 0.667. The standard InChI is InChI=1S/C11H23N3O2S2/c1-3-10(11(12)17)18(15,16)13-9(2)8-14-6-4-5-7-14/h9-10,13H,3-8H2,1-2H3,(H2,12,17). The third-order valence-electron chi connectivity index (χ3n) is 3.16. The SMILES string of the molecule is CCC(C(N)=S)S(=O)(=O)NC(C)CN1CCCC1. The van der Waals surface area contributed by atoms with Gasteiger partial charge in [-0.2, -0.15) is 0 Å². The summed E-state index contributed by atoms with van der Waals surface area (Å²) in [4.78, 5) is 2.31. The third-order valence-corrected chi connectivity index (χ3v) is 5.66. The Kier molecular flexibility index (Phi) is 5.97. The molecule has 5 nitrogen and oxygen atoms in total. The van der Waals surface area contributed by atoms with E-state index in [2.05, 4.69) is 9.62 Å². The van der Waals surface area contributed by atoms with Gasteiger partial charge in [0.2, 0.25) is 10.0 Å². The molecule has 1 aliphatic rings. The van der Waals surface area contributed by atoms with E-state index < -0.39 is 15.3 Å². The van der Waals surface area contributed by atoms with Crippen molar-refractivity contribution >= 4 is 27.2 Å². The molecule has 0 aromatic heterocycles. The monoisotopic (exact) mass is 293 g/mol. The van der Waals surface area contributed by atoms with Crippen LogP contribution in [0.2, 0.25) is 0 Å². The van der Waals surface area contributed by atoms with Gasteiger partial charge in [0.1, 0.15) is 5.25 Å².